The van der Waals surface area contributed by atoms with Crippen molar-refractivity contribution in [2.24, 2.45) is 0 Å². The summed E-state index contributed by atoms with van der Waals surface area (Å²) in [7, 11) is -2.50. The van der Waals surface area contributed by atoms with Gasteiger partial charge in [-0.2, -0.15) is 0 Å². The Bertz CT molecular complexity index is 1060. The monoisotopic (exact) mass is 489 g/mol. The maximum absolute atomic E-state index is 13.2. The van der Waals surface area contributed by atoms with Crippen LogP contribution in [0.15, 0.2) is 42.5 Å². The standard InChI is InChI=1S/C20H22Cl2FN3O4S/c1-13(20(28)24-2)25(11-14-4-7-16(23)8-5-14)19(27)12-26(31(3,29)30)18-10-15(21)6-9-17(18)22/h4-10,13H,11-12H2,1-3H3,(H,24,28)/t13-/m0/s1. The molecule has 2 amide bonds. The van der Waals surface area contributed by atoms with Gasteiger partial charge in [-0.15, -0.1) is 0 Å². The second-order valence-corrected chi connectivity index (χ2v) is 9.55. The number of nitrogens with zero attached hydrogens (tertiary/aromatic N) is 2. The first-order valence-corrected chi connectivity index (χ1v) is 11.7. The lowest BCUT2D eigenvalue weighted by molar-refractivity contribution is -0.139. The Balaban J connectivity index is 2.42. The summed E-state index contributed by atoms with van der Waals surface area (Å²) >= 11 is 12.1. The van der Waals surface area contributed by atoms with Crippen LogP contribution in [-0.4, -0.2) is 51.0 Å². The van der Waals surface area contributed by atoms with Crippen LogP contribution in [0.2, 0.25) is 10.0 Å². The summed E-state index contributed by atoms with van der Waals surface area (Å²) in [5.41, 5.74) is 0.608. The minimum Gasteiger partial charge on any atom is -0.357 e. The van der Waals surface area contributed by atoms with Crippen molar-refractivity contribution in [2.75, 3.05) is 24.2 Å². The van der Waals surface area contributed by atoms with E-state index < -0.39 is 40.2 Å². The van der Waals surface area contributed by atoms with Crippen molar-refractivity contribution in [2.45, 2.75) is 19.5 Å². The van der Waals surface area contributed by atoms with E-state index in [1.54, 1.807) is 0 Å². The lowest BCUT2D eigenvalue weighted by atomic mass is 10.1. The van der Waals surface area contributed by atoms with Crippen molar-refractivity contribution < 1.29 is 22.4 Å². The van der Waals surface area contributed by atoms with Crippen molar-refractivity contribution in [3.8, 4) is 0 Å². The molecule has 1 atom stereocenters. The van der Waals surface area contributed by atoms with Gasteiger partial charge in [-0.3, -0.25) is 13.9 Å². The van der Waals surface area contributed by atoms with E-state index in [4.69, 9.17) is 23.2 Å². The van der Waals surface area contributed by atoms with E-state index in [9.17, 15) is 22.4 Å². The van der Waals surface area contributed by atoms with Gasteiger partial charge in [-0.1, -0.05) is 35.3 Å². The van der Waals surface area contributed by atoms with Gasteiger partial charge in [0.15, 0.2) is 0 Å². The molecule has 0 aliphatic rings. The SMILES string of the molecule is CNC(=O)[C@H](C)N(Cc1ccc(F)cc1)C(=O)CN(c1cc(Cl)ccc1Cl)S(C)(=O)=O. The zero-order valence-corrected chi connectivity index (χ0v) is 19.4. The van der Waals surface area contributed by atoms with Gasteiger partial charge in [0.05, 0.1) is 17.0 Å². The Kier molecular flexibility index (Phi) is 8.27. The Morgan fingerprint density at radius 3 is 2.29 bits per heavy atom. The van der Waals surface area contributed by atoms with Gasteiger partial charge >= 0.3 is 0 Å². The van der Waals surface area contributed by atoms with Crippen molar-refractivity contribution in [1.82, 2.24) is 10.2 Å². The number of halogens is 3. The van der Waals surface area contributed by atoms with Crippen LogP contribution in [0.5, 0.6) is 0 Å². The third kappa shape index (κ3) is 6.56. The van der Waals surface area contributed by atoms with E-state index in [-0.39, 0.29) is 22.3 Å². The van der Waals surface area contributed by atoms with Gasteiger partial charge in [0.2, 0.25) is 21.8 Å². The first-order valence-electron chi connectivity index (χ1n) is 9.12. The molecular weight excluding hydrogens is 468 g/mol. The zero-order valence-electron chi connectivity index (χ0n) is 17.1. The molecule has 0 saturated heterocycles. The maximum atomic E-state index is 13.2. The molecule has 0 aromatic heterocycles. The number of hydrogen-bond acceptors (Lipinski definition) is 4. The molecule has 0 bridgehead atoms. The topological polar surface area (TPSA) is 86.8 Å². The fourth-order valence-electron chi connectivity index (χ4n) is 2.85. The molecule has 0 saturated carbocycles. The number of benzene rings is 2. The smallest absolute Gasteiger partial charge is 0.244 e. The predicted octanol–water partition coefficient (Wildman–Crippen LogP) is 3.06. The number of sulfonamides is 1. The largest absolute Gasteiger partial charge is 0.357 e. The van der Waals surface area contributed by atoms with Crippen LogP contribution in [-0.2, 0) is 26.2 Å². The molecule has 0 radical (unpaired) electrons. The molecule has 2 rings (SSSR count). The van der Waals surface area contributed by atoms with Crippen LogP contribution in [0, 0.1) is 5.82 Å². The number of likely N-dealkylation sites (N-methyl/N-ethyl adjacent to an activating group) is 1. The molecule has 0 fully saturated rings. The number of carbonyl (C=O) groups excluding carboxylic acids is 2. The van der Waals surface area contributed by atoms with Crippen molar-refractivity contribution >= 4 is 50.7 Å². The number of hydrogen-bond donors (Lipinski definition) is 1. The van der Waals surface area contributed by atoms with E-state index in [1.165, 1.54) is 61.3 Å². The second-order valence-electron chi connectivity index (χ2n) is 6.80. The number of carbonyl (C=O) groups is 2. The lowest BCUT2D eigenvalue weighted by Crippen LogP contribution is -2.50. The molecule has 0 aliphatic heterocycles. The highest BCUT2D eigenvalue weighted by Gasteiger charge is 2.30. The summed E-state index contributed by atoms with van der Waals surface area (Å²) in [5, 5.41) is 2.79. The van der Waals surface area contributed by atoms with E-state index in [0.717, 1.165) is 10.6 Å². The summed E-state index contributed by atoms with van der Waals surface area (Å²) in [6.07, 6.45) is 0.935. The molecule has 31 heavy (non-hydrogen) atoms. The first kappa shape index (κ1) is 24.9. The number of amides is 2. The van der Waals surface area contributed by atoms with Gasteiger partial charge < -0.3 is 10.2 Å². The maximum Gasteiger partial charge on any atom is 0.244 e. The highest BCUT2D eigenvalue weighted by atomic mass is 35.5. The first-order chi connectivity index (χ1) is 14.4. The number of nitrogens with one attached hydrogen (secondary N) is 1. The van der Waals surface area contributed by atoms with Crippen LogP contribution in [0.3, 0.4) is 0 Å². The summed E-state index contributed by atoms with van der Waals surface area (Å²) in [6, 6.07) is 8.76. The zero-order chi connectivity index (χ0) is 23.3. The van der Waals surface area contributed by atoms with E-state index >= 15 is 0 Å². The van der Waals surface area contributed by atoms with Crippen molar-refractivity contribution in [3.63, 3.8) is 0 Å². The molecule has 0 spiro atoms. The Morgan fingerprint density at radius 1 is 1.13 bits per heavy atom. The molecule has 0 unspecified atom stereocenters. The third-order valence-electron chi connectivity index (χ3n) is 4.54. The van der Waals surface area contributed by atoms with Crippen LogP contribution in [0.25, 0.3) is 0 Å². The number of anilines is 1. The molecule has 11 heteroatoms. The molecule has 2 aromatic carbocycles. The average Bonchev–Trinajstić information content (AvgIpc) is 2.71. The molecule has 7 nitrogen and oxygen atoms in total. The quantitative estimate of drug-likeness (QED) is 0.617. The van der Waals surface area contributed by atoms with Gasteiger partial charge in [-0.25, -0.2) is 12.8 Å². The van der Waals surface area contributed by atoms with Crippen LogP contribution in [0.1, 0.15) is 12.5 Å². The van der Waals surface area contributed by atoms with Crippen LogP contribution < -0.4 is 9.62 Å². The summed E-state index contributed by atoms with van der Waals surface area (Å²) in [5.74, 6) is -1.54. The molecule has 1 N–H and O–H groups in total. The predicted molar refractivity (Wildman–Crippen MR) is 119 cm³/mol. The van der Waals surface area contributed by atoms with E-state index in [2.05, 4.69) is 5.32 Å². The van der Waals surface area contributed by atoms with Crippen LogP contribution in [0.4, 0.5) is 10.1 Å². The van der Waals surface area contributed by atoms with Gasteiger partial charge in [0, 0.05) is 18.6 Å². The second kappa shape index (κ2) is 10.3. The Hall–Kier alpha value is -2.36. The molecule has 0 aliphatic carbocycles. The lowest BCUT2D eigenvalue weighted by Gasteiger charge is -2.31. The van der Waals surface area contributed by atoms with Gasteiger partial charge in [0.1, 0.15) is 18.4 Å². The highest BCUT2D eigenvalue weighted by molar-refractivity contribution is 7.92. The van der Waals surface area contributed by atoms with Crippen LogP contribution >= 0.6 is 23.2 Å². The Morgan fingerprint density at radius 2 is 1.74 bits per heavy atom. The molecular formula is C20H22Cl2FN3O4S. The number of rotatable bonds is 8. The minimum atomic E-state index is -3.92. The van der Waals surface area contributed by atoms with E-state index in [1.807, 2.05) is 0 Å². The minimum absolute atomic E-state index is 0.0332. The normalized spacial score (nSPS) is 12.2. The van der Waals surface area contributed by atoms with Gasteiger partial charge in [0.25, 0.3) is 0 Å². The highest BCUT2D eigenvalue weighted by Crippen LogP contribution is 2.30. The molecule has 0 heterocycles. The third-order valence-corrected chi connectivity index (χ3v) is 6.22. The van der Waals surface area contributed by atoms with Gasteiger partial charge in [-0.05, 0) is 42.8 Å². The molecule has 2 aromatic rings. The molecule has 168 valence electrons. The fraction of sp³-hybridized carbons (Fsp3) is 0.300. The fourth-order valence-corrected chi connectivity index (χ4v) is 4.14. The Labute approximate surface area is 190 Å². The van der Waals surface area contributed by atoms with Crippen molar-refractivity contribution in [3.05, 3.63) is 63.9 Å². The average molecular weight is 490 g/mol. The summed E-state index contributed by atoms with van der Waals surface area (Å²) in [6.45, 7) is 0.868. The summed E-state index contributed by atoms with van der Waals surface area (Å²) in [4.78, 5) is 26.6. The van der Waals surface area contributed by atoms with E-state index in [0.29, 0.717) is 5.56 Å². The van der Waals surface area contributed by atoms with Crippen molar-refractivity contribution in [1.29, 1.82) is 0 Å². The summed E-state index contributed by atoms with van der Waals surface area (Å²) < 4.78 is 39.0.